The lowest BCUT2D eigenvalue weighted by Gasteiger charge is -2.12. The Morgan fingerprint density at radius 3 is 2.62 bits per heavy atom. The monoisotopic (exact) mass is 345 g/mol. The third-order valence-corrected chi connectivity index (χ3v) is 4.70. The van der Waals surface area contributed by atoms with Crippen LogP contribution in [0.2, 0.25) is 5.02 Å². The van der Waals surface area contributed by atoms with E-state index in [1.165, 1.54) is 12.1 Å². The predicted octanol–water partition coefficient (Wildman–Crippen LogP) is 3.78. The van der Waals surface area contributed by atoms with Crippen LogP contribution in [0.5, 0.6) is 0 Å². The molecule has 0 saturated carbocycles. The summed E-state index contributed by atoms with van der Waals surface area (Å²) in [7, 11) is 0. The van der Waals surface area contributed by atoms with Gasteiger partial charge in [-0.3, -0.25) is 4.79 Å². The van der Waals surface area contributed by atoms with Crippen molar-refractivity contribution in [2.24, 2.45) is 5.41 Å². The molecule has 1 aliphatic heterocycles. The van der Waals surface area contributed by atoms with Gasteiger partial charge in [0.25, 0.3) is 0 Å². The second-order valence-corrected chi connectivity index (χ2v) is 6.87. The molecule has 0 bridgehead atoms. The van der Waals surface area contributed by atoms with Crippen molar-refractivity contribution in [3.63, 3.8) is 0 Å². The molecule has 0 aromatic heterocycles. The van der Waals surface area contributed by atoms with Gasteiger partial charge >= 0.3 is 0 Å². The highest BCUT2D eigenvalue weighted by Crippen LogP contribution is 2.30. The fourth-order valence-corrected chi connectivity index (χ4v) is 3.23. The zero-order chi connectivity index (χ0) is 17.3. The lowest BCUT2D eigenvalue weighted by atomic mass is 9.87. The number of aldehydes is 1. The van der Waals surface area contributed by atoms with Crippen LogP contribution in [0.4, 0.5) is 4.39 Å². The summed E-state index contributed by atoms with van der Waals surface area (Å²) in [5.41, 5.74) is 1.28. The number of nitrogens with one attached hydrogen (secondary N) is 1. The van der Waals surface area contributed by atoms with Crippen molar-refractivity contribution in [3.05, 3.63) is 58.9 Å². The molecule has 2 unspecified atom stereocenters. The van der Waals surface area contributed by atoms with E-state index in [4.69, 9.17) is 11.6 Å². The molecule has 24 heavy (non-hydrogen) atoms. The van der Waals surface area contributed by atoms with E-state index < -0.39 is 5.41 Å². The normalized spacial score (nSPS) is 23.1. The predicted molar refractivity (Wildman–Crippen MR) is 91.3 cm³/mol. The highest BCUT2D eigenvalue weighted by Gasteiger charge is 2.42. The van der Waals surface area contributed by atoms with Crippen LogP contribution in [-0.2, 0) is 16.0 Å². The summed E-state index contributed by atoms with van der Waals surface area (Å²) in [4.78, 5) is 22.9. The average molecular weight is 346 g/mol. The molecule has 0 aliphatic carbocycles. The van der Waals surface area contributed by atoms with Crippen LogP contribution in [0.15, 0.2) is 42.5 Å². The summed E-state index contributed by atoms with van der Waals surface area (Å²) in [6, 6.07) is 11.9. The van der Waals surface area contributed by atoms with E-state index in [-0.39, 0.29) is 17.8 Å². The van der Waals surface area contributed by atoms with Crippen molar-refractivity contribution in [1.29, 1.82) is 0 Å². The molecule has 1 amide bonds. The molecule has 1 aliphatic rings. The van der Waals surface area contributed by atoms with E-state index in [1.807, 2.05) is 24.3 Å². The Balaban J connectivity index is 1.75. The topological polar surface area (TPSA) is 46.2 Å². The summed E-state index contributed by atoms with van der Waals surface area (Å²) < 4.78 is 13.9. The molecule has 2 aromatic rings. The summed E-state index contributed by atoms with van der Waals surface area (Å²) in [6.07, 6.45) is 1.83. The van der Waals surface area contributed by atoms with Gasteiger partial charge in [0.15, 0.2) is 0 Å². The van der Waals surface area contributed by atoms with Gasteiger partial charge in [0.05, 0.1) is 0 Å². The molecule has 1 heterocycles. The number of hydrogen-bond acceptors (Lipinski definition) is 2. The molecule has 2 aromatic carbocycles. The lowest BCUT2D eigenvalue weighted by Crippen LogP contribution is -2.31. The minimum Gasteiger partial charge on any atom is -0.352 e. The Morgan fingerprint density at radius 2 is 2.00 bits per heavy atom. The van der Waals surface area contributed by atoms with Crippen LogP contribution >= 0.6 is 11.6 Å². The smallest absolute Gasteiger partial charge is 0.233 e. The minimum absolute atomic E-state index is 0.0681. The first-order valence-electron chi connectivity index (χ1n) is 7.73. The number of carbonyl (C=O) groups excluding carboxylic acids is 2. The minimum atomic E-state index is -0.936. The van der Waals surface area contributed by atoms with Crippen molar-refractivity contribution < 1.29 is 14.0 Å². The van der Waals surface area contributed by atoms with Gasteiger partial charge in [0, 0.05) is 16.6 Å². The zero-order valence-corrected chi connectivity index (χ0v) is 13.9. The van der Waals surface area contributed by atoms with E-state index >= 15 is 0 Å². The van der Waals surface area contributed by atoms with E-state index in [2.05, 4.69) is 5.32 Å². The highest BCUT2D eigenvalue weighted by atomic mass is 35.5. The van der Waals surface area contributed by atoms with Crippen molar-refractivity contribution in [3.8, 4) is 11.1 Å². The van der Waals surface area contributed by atoms with Crippen molar-refractivity contribution >= 4 is 23.8 Å². The maximum Gasteiger partial charge on any atom is 0.233 e. The number of halogens is 2. The van der Waals surface area contributed by atoms with Gasteiger partial charge in [-0.25, -0.2) is 4.39 Å². The van der Waals surface area contributed by atoms with Gasteiger partial charge < -0.3 is 10.1 Å². The summed E-state index contributed by atoms with van der Waals surface area (Å²) >= 11 is 5.93. The maximum absolute atomic E-state index is 13.9. The van der Waals surface area contributed by atoms with Crippen molar-refractivity contribution in [2.45, 2.75) is 25.8 Å². The van der Waals surface area contributed by atoms with E-state index in [1.54, 1.807) is 13.0 Å². The number of amides is 1. The van der Waals surface area contributed by atoms with E-state index in [0.29, 0.717) is 29.7 Å². The molecule has 1 saturated heterocycles. The molecule has 3 rings (SSSR count). The van der Waals surface area contributed by atoms with Crippen LogP contribution in [0.25, 0.3) is 11.1 Å². The Bertz CT molecular complexity index is 790. The largest absolute Gasteiger partial charge is 0.352 e. The highest BCUT2D eigenvalue weighted by molar-refractivity contribution is 6.30. The van der Waals surface area contributed by atoms with Gasteiger partial charge in [-0.15, -0.1) is 0 Å². The zero-order valence-electron chi connectivity index (χ0n) is 13.2. The molecule has 1 N–H and O–H groups in total. The van der Waals surface area contributed by atoms with Crippen LogP contribution in [0.3, 0.4) is 0 Å². The third kappa shape index (κ3) is 3.20. The molecule has 0 spiro atoms. The first-order valence-corrected chi connectivity index (χ1v) is 8.11. The maximum atomic E-state index is 13.9. The fourth-order valence-electron chi connectivity index (χ4n) is 3.05. The number of rotatable bonds is 4. The second kappa shape index (κ2) is 6.36. The first kappa shape index (κ1) is 16.7. The Labute approximate surface area is 144 Å². The molecule has 124 valence electrons. The van der Waals surface area contributed by atoms with Gasteiger partial charge in [0.1, 0.15) is 17.5 Å². The molecular formula is C19H17ClFNO2. The van der Waals surface area contributed by atoms with E-state index in [0.717, 1.165) is 11.1 Å². The first-order chi connectivity index (χ1) is 11.4. The second-order valence-electron chi connectivity index (χ2n) is 6.44. The van der Waals surface area contributed by atoms with Gasteiger partial charge in [-0.05, 0) is 49.1 Å². The Morgan fingerprint density at radius 1 is 1.29 bits per heavy atom. The Kier molecular flexibility index (Phi) is 4.41. The molecule has 2 atom stereocenters. The van der Waals surface area contributed by atoms with E-state index in [9.17, 15) is 14.0 Å². The summed E-state index contributed by atoms with van der Waals surface area (Å²) in [5.74, 6) is -0.544. The summed E-state index contributed by atoms with van der Waals surface area (Å²) in [6.45, 7) is 1.65. The number of benzene rings is 2. The van der Waals surface area contributed by atoms with Gasteiger partial charge in [0.2, 0.25) is 5.91 Å². The SMILES string of the molecule is CC1(C=O)CC(Cc2ccc(-c3cc(Cl)ccc3F)cc2)NC1=O. The average Bonchev–Trinajstić information content (AvgIpc) is 2.85. The van der Waals surface area contributed by atoms with Gasteiger partial charge in [-0.2, -0.15) is 0 Å². The lowest BCUT2D eigenvalue weighted by molar-refractivity contribution is -0.132. The molecule has 1 fully saturated rings. The van der Waals surface area contributed by atoms with Crippen LogP contribution < -0.4 is 5.32 Å². The molecule has 3 nitrogen and oxygen atoms in total. The van der Waals surface area contributed by atoms with Gasteiger partial charge in [-0.1, -0.05) is 35.9 Å². The summed E-state index contributed by atoms with van der Waals surface area (Å²) in [5, 5.41) is 3.34. The van der Waals surface area contributed by atoms with Crippen LogP contribution in [-0.4, -0.2) is 18.2 Å². The quantitative estimate of drug-likeness (QED) is 0.677. The Hall–Kier alpha value is -2.20. The van der Waals surface area contributed by atoms with Crippen molar-refractivity contribution in [2.75, 3.05) is 0 Å². The van der Waals surface area contributed by atoms with Crippen molar-refractivity contribution in [1.82, 2.24) is 5.32 Å². The molecule has 5 heteroatoms. The standard InChI is InChI=1S/C19H17ClFNO2/c1-19(11-23)10-15(22-18(19)24)8-12-2-4-13(5-3-12)16-9-14(20)6-7-17(16)21/h2-7,9,11,15H,8,10H2,1H3,(H,22,24). The molecular weight excluding hydrogens is 329 g/mol. The fraction of sp³-hybridized carbons (Fsp3) is 0.263. The molecule has 0 radical (unpaired) electrons. The number of carbonyl (C=O) groups is 2. The van der Waals surface area contributed by atoms with Crippen LogP contribution in [0, 0.1) is 11.2 Å². The van der Waals surface area contributed by atoms with Crippen LogP contribution in [0.1, 0.15) is 18.9 Å². The third-order valence-electron chi connectivity index (χ3n) is 4.46. The number of hydrogen-bond donors (Lipinski definition) is 1.